The van der Waals surface area contributed by atoms with Crippen LogP contribution in [-0.4, -0.2) is 37.3 Å². The minimum atomic E-state index is 0.152. The van der Waals surface area contributed by atoms with Gasteiger partial charge in [-0.1, -0.05) is 17.3 Å². The van der Waals surface area contributed by atoms with Crippen LogP contribution < -0.4 is 10.6 Å². The minimum absolute atomic E-state index is 0.152. The third-order valence-corrected chi connectivity index (χ3v) is 4.24. The Bertz CT molecular complexity index is 512. The molecule has 1 unspecified atom stereocenters. The van der Waals surface area contributed by atoms with Gasteiger partial charge in [0.15, 0.2) is 5.84 Å². The van der Waals surface area contributed by atoms with Gasteiger partial charge in [0.25, 0.3) is 0 Å². The van der Waals surface area contributed by atoms with Crippen molar-refractivity contribution < 1.29 is 9.94 Å². The molecule has 5 heteroatoms. The number of methoxy groups -OCH3 is 1. The molecule has 0 aromatic heterocycles. The van der Waals surface area contributed by atoms with Crippen LogP contribution in [0.25, 0.3) is 0 Å². The van der Waals surface area contributed by atoms with E-state index in [-0.39, 0.29) is 5.84 Å². The van der Waals surface area contributed by atoms with Crippen LogP contribution >= 0.6 is 0 Å². The molecule has 1 atom stereocenters. The zero-order chi connectivity index (χ0) is 15.4. The zero-order valence-corrected chi connectivity index (χ0v) is 13.0. The highest BCUT2D eigenvalue weighted by Gasteiger charge is 2.33. The summed E-state index contributed by atoms with van der Waals surface area (Å²) >= 11 is 0. The van der Waals surface area contributed by atoms with Gasteiger partial charge in [0.1, 0.15) is 0 Å². The van der Waals surface area contributed by atoms with E-state index in [2.05, 4.69) is 30.0 Å². The number of nitrogens with zero attached hydrogens (tertiary/aromatic N) is 2. The summed E-state index contributed by atoms with van der Waals surface area (Å²) in [4.78, 5) is 2.34. The number of hydrogen-bond acceptors (Lipinski definition) is 4. The number of aryl methyl sites for hydroxylation is 1. The number of oxime groups is 1. The van der Waals surface area contributed by atoms with E-state index in [9.17, 15) is 0 Å². The molecule has 0 amide bonds. The number of para-hydroxylation sites is 1. The van der Waals surface area contributed by atoms with Crippen molar-refractivity contribution in [3.63, 3.8) is 0 Å². The number of anilines is 1. The molecule has 0 bridgehead atoms. The average Bonchev–Trinajstić information content (AvgIpc) is 3.32. The maximum atomic E-state index is 9.04. The predicted octanol–water partition coefficient (Wildman–Crippen LogP) is 2.34. The molecule has 0 radical (unpaired) electrons. The first-order chi connectivity index (χ1) is 10.1. The van der Waals surface area contributed by atoms with Crippen LogP contribution in [0.1, 0.15) is 30.9 Å². The van der Waals surface area contributed by atoms with Crippen LogP contribution in [0.15, 0.2) is 23.4 Å². The standard InChI is InChI=1S/C16H25N3O2/c1-11-5-4-6-14(16(17)18-20)15(11)19(9-10-21-3)12(2)13-7-8-13/h4-6,12-13,20H,7-10H2,1-3H3,(H2,17,18). The first-order valence-electron chi connectivity index (χ1n) is 7.43. The molecule has 1 aliphatic carbocycles. The summed E-state index contributed by atoms with van der Waals surface area (Å²) in [5.74, 6) is 0.876. The monoisotopic (exact) mass is 291 g/mol. The zero-order valence-electron chi connectivity index (χ0n) is 13.0. The largest absolute Gasteiger partial charge is 0.409 e. The molecule has 1 aliphatic rings. The lowest BCUT2D eigenvalue weighted by molar-refractivity contribution is 0.202. The van der Waals surface area contributed by atoms with Gasteiger partial charge in [0.05, 0.1) is 12.3 Å². The molecule has 3 N–H and O–H groups in total. The summed E-state index contributed by atoms with van der Waals surface area (Å²) < 4.78 is 5.26. The fourth-order valence-electron chi connectivity index (χ4n) is 2.84. The van der Waals surface area contributed by atoms with Crippen LogP contribution in [-0.2, 0) is 4.74 Å². The second-order valence-electron chi connectivity index (χ2n) is 5.72. The van der Waals surface area contributed by atoms with Crippen molar-refractivity contribution in [2.75, 3.05) is 25.2 Å². The van der Waals surface area contributed by atoms with Gasteiger partial charge >= 0.3 is 0 Å². The SMILES string of the molecule is COCCN(c1c(C)cccc1/C(N)=N/O)C(C)C1CC1. The Labute approximate surface area is 126 Å². The molecule has 0 heterocycles. The van der Waals surface area contributed by atoms with Crippen molar-refractivity contribution in [2.45, 2.75) is 32.7 Å². The van der Waals surface area contributed by atoms with Gasteiger partial charge in [-0.2, -0.15) is 0 Å². The quantitative estimate of drug-likeness (QED) is 0.350. The van der Waals surface area contributed by atoms with Crippen molar-refractivity contribution in [1.29, 1.82) is 0 Å². The van der Waals surface area contributed by atoms with Crippen molar-refractivity contribution >= 4 is 11.5 Å². The fraction of sp³-hybridized carbons (Fsp3) is 0.562. The molecule has 5 nitrogen and oxygen atoms in total. The molecule has 1 fully saturated rings. The normalized spacial score (nSPS) is 16.8. The first-order valence-corrected chi connectivity index (χ1v) is 7.43. The number of benzene rings is 1. The van der Waals surface area contributed by atoms with Crippen LogP contribution in [0.3, 0.4) is 0 Å². The number of amidine groups is 1. The van der Waals surface area contributed by atoms with E-state index in [1.165, 1.54) is 12.8 Å². The summed E-state index contributed by atoms with van der Waals surface area (Å²) in [6.45, 7) is 5.75. The number of nitrogens with two attached hydrogens (primary N) is 1. The highest BCUT2D eigenvalue weighted by molar-refractivity contribution is 6.02. The van der Waals surface area contributed by atoms with E-state index in [4.69, 9.17) is 15.7 Å². The lowest BCUT2D eigenvalue weighted by Crippen LogP contribution is -2.39. The van der Waals surface area contributed by atoms with E-state index in [0.29, 0.717) is 12.6 Å². The van der Waals surface area contributed by atoms with Crippen LogP contribution in [0.5, 0.6) is 0 Å². The van der Waals surface area contributed by atoms with Crippen LogP contribution in [0.2, 0.25) is 0 Å². The topological polar surface area (TPSA) is 71.1 Å². The van der Waals surface area contributed by atoms with Crippen molar-refractivity contribution in [3.05, 3.63) is 29.3 Å². The fourth-order valence-corrected chi connectivity index (χ4v) is 2.84. The highest BCUT2D eigenvalue weighted by Crippen LogP contribution is 2.38. The molecule has 1 saturated carbocycles. The summed E-state index contributed by atoms with van der Waals surface area (Å²) in [7, 11) is 1.71. The smallest absolute Gasteiger partial charge is 0.172 e. The van der Waals surface area contributed by atoms with E-state index in [0.717, 1.165) is 29.3 Å². The van der Waals surface area contributed by atoms with Crippen LogP contribution in [0.4, 0.5) is 5.69 Å². The van der Waals surface area contributed by atoms with E-state index in [1.54, 1.807) is 7.11 Å². The summed E-state index contributed by atoms with van der Waals surface area (Å²) in [5, 5.41) is 12.2. The Morgan fingerprint density at radius 2 is 2.24 bits per heavy atom. The van der Waals surface area contributed by atoms with E-state index < -0.39 is 0 Å². The van der Waals surface area contributed by atoms with Crippen molar-refractivity contribution in [1.82, 2.24) is 0 Å². The molecule has 1 aromatic carbocycles. The Hall–Kier alpha value is -1.75. The summed E-state index contributed by atoms with van der Waals surface area (Å²) in [5.41, 5.74) is 8.82. The molecule has 21 heavy (non-hydrogen) atoms. The van der Waals surface area contributed by atoms with Gasteiger partial charge in [0, 0.05) is 25.3 Å². The van der Waals surface area contributed by atoms with Gasteiger partial charge in [-0.25, -0.2) is 0 Å². The predicted molar refractivity (Wildman–Crippen MR) is 85.1 cm³/mol. The molecule has 2 rings (SSSR count). The maximum Gasteiger partial charge on any atom is 0.172 e. The number of hydrogen-bond donors (Lipinski definition) is 2. The Kier molecular flexibility index (Phi) is 5.07. The average molecular weight is 291 g/mol. The van der Waals surface area contributed by atoms with Crippen molar-refractivity contribution in [3.8, 4) is 0 Å². The molecule has 0 saturated heterocycles. The van der Waals surface area contributed by atoms with Gasteiger partial charge in [-0.3, -0.25) is 0 Å². The number of ether oxygens (including phenoxy) is 1. The lowest BCUT2D eigenvalue weighted by Gasteiger charge is -2.34. The van der Waals surface area contributed by atoms with Crippen molar-refractivity contribution in [2.24, 2.45) is 16.8 Å². The van der Waals surface area contributed by atoms with Gasteiger partial charge in [-0.15, -0.1) is 0 Å². The first kappa shape index (κ1) is 15.6. The molecule has 0 spiro atoms. The Morgan fingerprint density at radius 1 is 1.52 bits per heavy atom. The second-order valence-corrected chi connectivity index (χ2v) is 5.72. The van der Waals surface area contributed by atoms with Gasteiger partial charge in [0.2, 0.25) is 0 Å². The molecule has 116 valence electrons. The maximum absolute atomic E-state index is 9.04. The summed E-state index contributed by atoms with van der Waals surface area (Å²) in [6.07, 6.45) is 2.55. The third kappa shape index (κ3) is 3.47. The van der Waals surface area contributed by atoms with Gasteiger partial charge in [-0.05, 0) is 44.2 Å². The third-order valence-electron chi connectivity index (χ3n) is 4.24. The minimum Gasteiger partial charge on any atom is -0.409 e. The number of rotatable bonds is 7. The lowest BCUT2D eigenvalue weighted by atomic mass is 10.0. The van der Waals surface area contributed by atoms with Gasteiger partial charge < -0.3 is 20.6 Å². The molecular weight excluding hydrogens is 266 g/mol. The molecule has 0 aliphatic heterocycles. The molecular formula is C16H25N3O2. The van der Waals surface area contributed by atoms with E-state index in [1.807, 2.05) is 12.1 Å². The molecule has 1 aromatic rings. The Morgan fingerprint density at radius 3 is 2.81 bits per heavy atom. The summed E-state index contributed by atoms with van der Waals surface area (Å²) in [6, 6.07) is 6.31. The van der Waals surface area contributed by atoms with E-state index >= 15 is 0 Å². The highest BCUT2D eigenvalue weighted by atomic mass is 16.5. The Balaban J connectivity index is 2.42. The second kappa shape index (κ2) is 6.80. The van der Waals surface area contributed by atoms with Crippen LogP contribution in [0, 0.1) is 12.8 Å².